The van der Waals surface area contributed by atoms with Gasteiger partial charge in [0.05, 0.1) is 17.7 Å². The Kier molecular flexibility index (Phi) is 2.96. The molecule has 3 heteroatoms. The molecular weight excluding hydrogens is 346 g/mol. The van der Waals surface area contributed by atoms with Gasteiger partial charge in [0.15, 0.2) is 0 Å². The summed E-state index contributed by atoms with van der Waals surface area (Å²) in [6.07, 6.45) is 0. The molecule has 0 unspecified atom stereocenters. The number of amides is 2. The molecule has 0 N–H and O–H groups in total. The highest BCUT2D eigenvalue weighted by Crippen LogP contribution is 2.36. The Balaban J connectivity index is 1.54. The van der Waals surface area contributed by atoms with Gasteiger partial charge in [-0.1, -0.05) is 66.7 Å². The largest absolute Gasteiger partial charge is 0.270 e. The number of carbonyl (C=O) groups is 2. The van der Waals surface area contributed by atoms with Crippen molar-refractivity contribution in [2.45, 2.75) is 6.54 Å². The first-order valence-corrected chi connectivity index (χ1v) is 9.33. The third-order valence-corrected chi connectivity index (χ3v) is 5.83. The van der Waals surface area contributed by atoms with Gasteiger partial charge in [-0.25, -0.2) is 0 Å². The normalized spacial score (nSPS) is 13.9. The second-order valence-electron chi connectivity index (χ2n) is 7.32. The van der Waals surface area contributed by atoms with Gasteiger partial charge >= 0.3 is 0 Å². The molecule has 6 rings (SSSR count). The maximum Gasteiger partial charge on any atom is 0.261 e. The van der Waals surface area contributed by atoms with Crippen molar-refractivity contribution < 1.29 is 9.59 Å². The summed E-state index contributed by atoms with van der Waals surface area (Å²) in [7, 11) is 0. The lowest BCUT2D eigenvalue weighted by atomic mass is 9.92. The monoisotopic (exact) mass is 361 g/mol. The second-order valence-corrected chi connectivity index (χ2v) is 7.32. The fraction of sp³-hybridized carbons (Fsp3) is 0.0400. The first kappa shape index (κ1) is 15.3. The van der Waals surface area contributed by atoms with E-state index in [0.717, 1.165) is 10.9 Å². The first-order valence-electron chi connectivity index (χ1n) is 9.33. The molecule has 5 aromatic carbocycles. The lowest BCUT2D eigenvalue weighted by molar-refractivity contribution is 0.0643. The minimum Gasteiger partial charge on any atom is -0.270 e. The zero-order valence-electron chi connectivity index (χ0n) is 15.0. The van der Waals surface area contributed by atoms with E-state index in [1.54, 1.807) is 24.3 Å². The van der Waals surface area contributed by atoms with E-state index in [0.29, 0.717) is 11.1 Å². The number of fused-ring (bicyclic) bond motifs is 1. The van der Waals surface area contributed by atoms with Crippen LogP contribution in [0.5, 0.6) is 0 Å². The molecular formula is C25H15NO2. The summed E-state index contributed by atoms with van der Waals surface area (Å²) in [5.41, 5.74) is 1.97. The van der Waals surface area contributed by atoms with Crippen molar-refractivity contribution >= 4 is 44.1 Å². The van der Waals surface area contributed by atoms with Crippen molar-refractivity contribution in [1.29, 1.82) is 0 Å². The topological polar surface area (TPSA) is 37.4 Å². The molecule has 1 aliphatic heterocycles. The Bertz CT molecular complexity index is 1380. The van der Waals surface area contributed by atoms with Crippen LogP contribution in [-0.4, -0.2) is 16.7 Å². The van der Waals surface area contributed by atoms with Crippen molar-refractivity contribution in [3.05, 3.63) is 95.6 Å². The van der Waals surface area contributed by atoms with Crippen molar-refractivity contribution in [1.82, 2.24) is 4.90 Å². The third-order valence-electron chi connectivity index (χ3n) is 5.83. The van der Waals surface area contributed by atoms with Crippen LogP contribution in [0.15, 0.2) is 78.9 Å². The summed E-state index contributed by atoms with van der Waals surface area (Å²) in [6.45, 7) is 0.278. The Hall–Kier alpha value is -3.72. The molecule has 132 valence electrons. The van der Waals surface area contributed by atoms with Gasteiger partial charge in [-0.3, -0.25) is 14.5 Å². The summed E-state index contributed by atoms with van der Waals surface area (Å²) in [5.74, 6) is -0.433. The number of hydrogen-bond acceptors (Lipinski definition) is 2. The standard InChI is InChI=1S/C25H15NO2/c27-24-20-6-1-2-7-21(20)25(28)26(24)14-18-11-10-17-9-8-15-4-3-5-16-12-13-19(18)23(17)22(15)16/h1-13H,14H2. The lowest BCUT2D eigenvalue weighted by Crippen LogP contribution is -2.29. The molecule has 1 heterocycles. The minimum atomic E-state index is -0.216. The van der Waals surface area contributed by atoms with Gasteiger partial charge in [-0.2, -0.15) is 0 Å². The Labute approximate surface area is 161 Å². The molecule has 0 saturated heterocycles. The lowest BCUT2D eigenvalue weighted by Gasteiger charge is -2.18. The molecule has 1 aliphatic rings. The zero-order valence-corrected chi connectivity index (χ0v) is 15.0. The molecule has 0 atom stereocenters. The van der Waals surface area contributed by atoms with Crippen LogP contribution in [0.3, 0.4) is 0 Å². The highest BCUT2D eigenvalue weighted by Gasteiger charge is 2.35. The molecule has 0 fully saturated rings. The second kappa shape index (κ2) is 5.40. The van der Waals surface area contributed by atoms with Gasteiger partial charge in [0.25, 0.3) is 11.8 Å². The maximum atomic E-state index is 12.8. The summed E-state index contributed by atoms with van der Waals surface area (Å²) < 4.78 is 0. The highest BCUT2D eigenvalue weighted by atomic mass is 16.2. The van der Waals surface area contributed by atoms with Gasteiger partial charge < -0.3 is 0 Å². The molecule has 0 aliphatic carbocycles. The molecule has 3 nitrogen and oxygen atoms in total. The van der Waals surface area contributed by atoms with Gasteiger partial charge in [0.1, 0.15) is 0 Å². The van der Waals surface area contributed by atoms with Gasteiger partial charge in [-0.05, 0) is 50.0 Å². The van der Waals surface area contributed by atoms with E-state index in [1.165, 1.54) is 31.8 Å². The predicted octanol–water partition coefficient (Wildman–Crippen LogP) is 5.38. The minimum absolute atomic E-state index is 0.216. The molecule has 0 bridgehead atoms. The summed E-state index contributed by atoms with van der Waals surface area (Å²) in [6, 6.07) is 26.0. The van der Waals surface area contributed by atoms with Gasteiger partial charge in [-0.15, -0.1) is 0 Å². The molecule has 0 saturated carbocycles. The molecule has 0 aromatic heterocycles. The van der Waals surface area contributed by atoms with Crippen molar-refractivity contribution in [3.63, 3.8) is 0 Å². The number of benzene rings is 5. The van der Waals surface area contributed by atoms with E-state index in [-0.39, 0.29) is 18.4 Å². The van der Waals surface area contributed by atoms with Crippen LogP contribution < -0.4 is 0 Å². The summed E-state index contributed by atoms with van der Waals surface area (Å²) in [4.78, 5) is 26.9. The molecule has 5 aromatic rings. The van der Waals surface area contributed by atoms with Crippen LogP contribution in [0.2, 0.25) is 0 Å². The highest BCUT2D eigenvalue weighted by molar-refractivity contribution is 6.24. The summed E-state index contributed by atoms with van der Waals surface area (Å²) >= 11 is 0. The zero-order chi connectivity index (χ0) is 18.8. The van der Waals surface area contributed by atoms with Crippen molar-refractivity contribution in [2.24, 2.45) is 0 Å². The average Bonchev–Trinajstić information content (AvgIpc) is 2.98. The van der Waals surface area contributed by atoms with Gasteiger partial charge in [0, 0.05) is 0 Å². The van der Waals surface area contributed by atoms with E-state index >= 15 is 0 Å². The number of rotatable bonds is 2. The van der Waals surface area contributed by atoms with Crippen molar-refractivity contribution in [2.75, 3.05) is 0 Å². The maximum absolute atomic E-state index is 12.8. The number of carbonyl (C=O) groups excluding carboxylic acids is 2. The number of imide groups is 1. The Morgan fingerprint density at radius 2 is 1.14 bits per heavy atom. The van der Waals surface area contributed by atoms with E-state index in [1.807, 2.05) is 6.07 Å². The quantitative estimate of drug-likeness (QED) is 0.313. The van der Waals surface area contributed by atoms with Crippen molar-refractivity contribution in [3.8, 4) is 0 Å². The van der Waals surface area contributed by atoms with E-state index < -0.39 is 0 Å². The molecule has 0 radical (unpaired) electrons. The SMILES string of the molecule is O=C1c2ccccc2C(=O)N1Cc1ccc2ccc3cccc4ccc1c2c34. The Morgan fingerprint density at radius 3 is 1.82 bits per heavy atom. The van der Waals surface area contributed by atoms with Crippen LogP contribution in [0.1, 0.15) is 26.3 Å². The van der Waals surface area contributed by atoms with Crippen LogP contribution in [-0.2, 0) is 6.54 Å². The summed E-state index contributed by atoms with van der Waals surface area (Å²) in [5, 5.41) is 7.11. The predicted molar refractivity (Wildman–Crippen MR) is 111 cm³/mol. The fourth-order valence-electron chi connectivity index (χ4n) is 4.49. The van der Waals surface area contributed by atoms with E-state index in [9.17, 15) is 9.59 Å². The molecule has 2 amide bonds. The van der Waals surface area contributed by atoms with E-state index in [2.05, 4.69) is 48.5 Å². The van der Waals surface area contributed by atoms with Crippen LogP contribution in [0.4, 0.5) is 0 Å². The smallest absolute Gasteiger partial charge is 0.261 e. The number of nitrogens with zero attached hydrogens (tertiary/aromatic N) is 1. The van der Waals surface area contributed by atoms with E-state index in [4.69, 9.17) is 0 Å². The third kappa shape index (κ3) is 1.93. The van der Waals surface area contributed by atoms with Crippen LogP contribution in [0.25, 0.3) is 32.3 Å². The Morgan fingerprint density at radius 1 is 0.571 bits per heavy atom. The number of hydrogen-bond donors (Lipinski definition) is 0. The van der Waals surface area contributed by atoms with Crippen LogP contribution in [0, 0.1) is 0 Å². The average molecular weight is 361 g/mol. The first-order chi connectivity index (χ1) is 13.7. The fourth-order valence-corrected chi connectivity index (χ4v) is 4.49. The van der Waals surface area contributed by atoms with Gasteiger partial charge in [0.2, 0.25) is 0 Å². The molecule has 28 heavy (non-hydrogen) atoms. The molecule has 0 spiro atoms. The van der Waals surface area contributed by atoms with Crippen LogP contribution >= 0.6 is 0 Å².